The first-order valence-corrected chi connectivity index (χ1v) is 7.96. The highest BCUT2D eigenvalue weighted by molar-refractivity contribution is 5.52. The number of benzene rings is 1. The lowest BCUT2D eigenvalue weighted by molar-refractivity contribution is 0.309. The Hall–Kier alpha value is -2.76. The maximum Gasteiger partial charge on any atom is 0.182 e. The molecule has 0 unspecified atom stereocenters. The van der Waals surface area contributed by atoms with E-state index in [2.05, 4.69) is 22.1 Å². The van der Waals surface area contributed by atoms with Crippen LogP contribution in [0.5, 0.6) is 5.75 Å². The van der Waals surface area contributed by atoms with E-state index in [1.165, 1.54) is 12.3 Å². The first kappa shape index (κ1) is 16.1. The van der Waals surface area contributed by atoms with Gasteiger partial charge in [0.25, 0.3) is 0 Å². The Morgan fingerprint density at radius 3 is 2.67 bits per heavy atom. The molecule has 0 saturated carbocycles. The Bertz CT molecular complexity index is 855. The molecule has 1 aromatic carbocycles. The number of nitrogens with zero attached hydrogens (tertiary/aromatic N) is 4. The van der Waals surface area contributed by atoms with E-state index in [0.29, 0.717) is 29.5 Å². The molecule has 5 nitrogen and oxygen atoms in total. The first-order chi connectivity index (χ1) is 11.7. The zero-order chi connectivity index (χ0) is 16.9. The quantitative estimate of drug-likeness (QED) is 0.451. The first-order valence-electron chi connectivity index (χ1n) is 7.96. The van der Waals surface area contributed by atoms with E-state index in [1.54, 1.807) is 10.5 Å². The Morgan fingerprint density at radius 1 is 1.12 bits per heavy atom. The Balaban J connectivity index is 1.78. The molecule has 2 heterocycles. The second-order valence-corrected chi connectivity index (χ2v) is 5.49. The molecule has 0 aliphatic carbocycles. The molecule has 0 radical (unpaired) electrons. The van der Waals surface area contributed by atoms with Gasteiger partial charge in [0.05, 0.1) is 18.0 Å². The molecule has 2 aromatic heterocycles. The SMILES string of the molecule is CCCCOc1ccc(N=Nc2c(C)nc3ccc(F)cn23)cc1. The summed E-state index contributed by atoms with van der Waals surface area (Å²) in [6.45, 7) is 4.66. The van der Waals surface area contributed by atoms with Gasteiger partial charge in [0, 0.05) is 6.20 Å². The number of azo groups is 1. The summed E-state index contributed by atoms with van der Waals surface area (Å²) in [5.41, 5.74) is 2.04. The van der Waals surface area contributed by atoms with Gasteiger partial charge in [0.1, 0.15) is 17.2 Å². The number of unbranched alkanes of at least 4 members (excludes halogenated alkanes) is 1. The molecule has 6 heteroatoms. The number of ether oxygens (including phenoxy) is 1. The van der Waals surface area contributed by atoms with Crippen molar-refractivity contribution in [2.45, 2.75) is 26.7 Å². The molecule has 0 bridgehead atoms. The van der Waals surface area contributed by atoms with E-state index in [1.807, 2.05) is 31.2 Å². The van der Waals surface area contributed by atoms with Crippen LogP contribution >= 0.6 is 0 Å². The van der Waals surface area contributed by atoms with Crippen LogP contribution in [0.1, 0.15) is 25.5 Å². The second-order valence-electron chi connectivity index (χ2n) is 5.49. The van der Waals surface area contributed by atoms with Crippen LogP contribution in [0.3, 0.4) is 0 Å². The summed E-state index contributed by atoms with van der Waals surface area (Å²) in [6, 6.07) is 10.4. The van der Waals surface area contributed by atoms with Gasteiger partial charge in [0.15, 0.2) is 5.82 Å². The van der Waals surface area contributed by atoms with Gasteiger partial charge < -0.3 is 4.74 Å². The van der Waals surface area contributed by atoms with Gasteiger partial charge >= 0.3 is 0 Å². The standard InChI is InChI=1S/C18H19FN4O/c1-3-4-11-24-16-8-6-15(7-9-16)21-22-18-13(2)20-17-10-5-14(19)12-23(17)18/h5-10,12H,3-4,11H2,1-2H3. The Labute approximate surface area is 139 Å². The molecule has 0 aliphatic rings. The Kier molecular flexibility index (Phi) is 4.84. The fourth-order valence-electron chi connectivity index (χ4n) is 2.29. The van der Waals surface area contributed by atoms with Crippen molar-refractivity contribution in [2.75, 3.05) is 6.61 Å². The number of pyridine rings is 1. The molecule has 3 rings (SSSR count). The number of aryl methyl sites for hydroxylation is 1. The smallest absolute Gasteiger partial charge is 0.182 e. The molecular formula is C18H19FN4O. The maximum absolute atomic E-state index is 13.4. The highest BCUT2D eigenvalue weighted by Gasteiger charge is 2.08. The number of fused-ring (bicyclic) bond motifs is 1. The molecule has 124 valence electrons. The number of rotatable bonds is 6. The molecule has 0 N–H and O–H groups in total. The van der Waals surface area contributed by atoms with E-state index in [-0.39, 0.29) is 5.82 Å². The van der Waals surface area contributed by atoms with Crippen molar-refractivity contribution >= 4 is 17.2 Å². The zero-order valence-corrected chi connectivity index (χ0v) is 13.7. The molecule has 0 fully saturated rings. The van der Waals surface area contributed by atoms with Crippen molar-refractivity contribution in [1.29, 1.82) is 0 Å². The fourth-order valence-corrected chi connectivity index (χ4v) is 2.29. The van der Waals surface area contributed by atoms with Crippen LogP contribution in [0.15, 0.2) is 52.8 Å². The summed E-state index contributed by atoms with van der Waals surface area (Å²) >= 11 is 0. The van der Waals surface area contributed by atoms with E-state index < -0.39 is 0 Å². The van der Waals surface area contributed by atoms with Gasteiger partial charge in [-0.3, -0.25) is 4.40 Å². The summed E-state index contributed by atoms with van der Waals surface area (Å²) in [7, 11) is 0. The van der Waals surface area contributed by atoms with Gasteiger partial charge in [-0.25, -0.2) is 9.37 Å². The number of hydrogen-bond donors (Lipinski definition) is 0. The van der Waals surface area contributed by atoms with E-state index >= 15 is 0 Å². The number of aromatic nitrogens is 2. The van der Waals surface area contributed by atoms with Crippen LogP contribution in [-0.2, 0) is 0 Å². The number of imidazole rings is 1. The van der Waals surface area contributed by atoms with Crippen molar-refractivity contribution < 1.29 is 9.13 Å². The van der Waals surface area contributed by atoms with Gasteiger partial charge in [0.2, 0.25) is 0 Å². The van der Waals surface area contributed by atoms with Crippen LogP contribution in [-0.4, -0.2) is 16.0 Å². The monoisotopic (exact) mass is 326 g/mol. The fraction of sp³-hybridized carbons (Fsp3) is 0.278. The van der Waals surface area contributed by atoms with Crippen LogP contribution in [0.25, 0.3) is 5.65 Å². The lowest BCUT2D eigenvalue weighted by Crippen LogP contribution is -1.95. The summed E-state index contributed by atoms with van der Waals surface area (Å²) in [5, 5.41) is 8.44. The molecular weight excluding hydrogens is 307 g/mol. The highest BCUT2D eigenvalue weighted by Crippen LogP contribution is 2.25. The average Bonchev–Trinajstić information content (AvgIpc) is 2.89. The minimum Gasteiger partial charge on any atom is -0.494 e. The predicted octanol–water partition coefficient (Wildman–Crippen LogP) is 5.38. The van der Waals surface area contributed by atoms with Crippen molar-refractivity contribution in [3.05, 3.63) is 54.1 Å². The van der Waals surface area contributed by atoms with Crippen LogP contribution in [0.2, 0.25) is 0 Å². The molecule has 3 aromatic rings. The molecule has 0 spiro atoms. The third-order valence-corrected chi connectivity index (χ3v) is 3.59. The average molecular weight is 326 g/mol. The van der Waals surface area contributed by atoms with Crippen LogP contribution < -0.4 is 4.74 Å². The van der Waals surface area contributed by atoms with E-state index in [4.69, 9.17) is 4.74 Å². The summed E-state index contributed by atoms with van der Waals surface area (Å²) in [4.78, 5) is 4.34. The number of halogens is 1. The van der Waals surface area contributed by atoms with Gasteiger partial charge in [-0.2, -0.15) is 0 Å². The molecule has 0 atom stereocenters. The molecule has 0 saturated heterocycles. The molecule has 24 heavy (non-hydrogen) atoms. The van der Waals surface area contributed by atoms with Crippen molar-refractivity contribution in [3.63, 3.8) is 0 Å². The van der Waals surface area contributed by atoms with E-state index in [0.717, 1.165) is 18.6 Å². The predicted molar refractivity (Wildman–Crippen MR) is 90.9 cm³/mol. The minimum atomic E-state index is -0.343. The third kappa shape index (κ3) is 3.59. The lowest BCUT2D eigenvalue weighted by Gasteiger charge is -2.04. The molecule has 0 aliphatic heterocycles. The third-order valence-electron chi connectivity index (χ3n) is 3.59. The zero-order valence-electron chi connectivity index (χ0n) is 13.7. The summed E-state index contributed by atoms with van der Waals surface area (Å²) in [6.07, 6.45) is 3.49. The van der Waals surface area contributed by atoms with Gasteiger partial charge in [-0.05, 0) is 49.7 Å². The lowest BCUT2D eigenvalue weighted by atomic mass is 10.3. The van der Waals surface area contributed by atoms with Crippen molar-refractivity contribution in [2.24, 2.45) is 10.2 Å². The topological polar surface area (TPSA) is 51.2 Å². The molecule has 0 amide bonds. The number of hydrogen-bond acceptors (Lipinski definition) is 4. The Morgan fingerprint density at radius 2 is 1.92 bits per heavy atom. The second kappa shape index (κ2) is 7.21. The maximum atomic E-state index is 13.4. The summed E-state index contributed by atoms with van der Waals surface area (Å²) in [5.74, 6) is 0.994. The van der Waals surface area contributed by atoms with Gasteiger partial charge in [-0.1, -0.05) is 13.3 Å². The largest absolute Gasteiger partial charge is 0.494 e. The van der Waals surface area contributed by atoms with Gasteiger partial charge in [-0.15, -0.1) is 10.2 Å². The minimum absolute atomic E-state index is 0.343. The van der Waals surface area contributed by atoms with Crippen molar-refractivity contribution in [1.82, 2.24) is 9.38 Å². The van der Waals surface area contributed by atoms with Crippen LogP contribution in [0, 0.1) is 12.7 Å². The normalized spacial score (nSPS) is 11.5. The van der Waals surface area contributed by atoms with Crippen molar-refractivity contribution in [3.8, 4) is 5.75 Å². The van der Waals surface area contributed by atoms with Crippen LogP contribution in [0.4, 0.5) is 15.9 Å². The summed E-state index contributed by atoms with van der Waals surface area (Å²) < 4.78 is 20.6. The van der Waals surface area contributed by atoms with E-state index in [9.17, 15) is 4.39 Å². The highest BCUT2D eigenvalue weighted by atomic mass is 19.1.